The van der Waals surface area contributed by atoms with Gasteiger partial charge in [0.15, 0.2) is 11.6 Å². The minimum absolute atomic E-state index is 0.170. The highest BCUT2D eigenvalue weighted by Gasteiger charge is 2.46. The number of rotatable bonds is 2. The van der Waals surface area contributed by atoms with Gasteiger partial charge in [0, 0.05) is 12.1 Å². The molecule has 1 N–H and O–H groups in total. The summed E-state index contributed by atoms with van der Waals surface area (Å²) in [6.45, 7) is 7.60. The molecule has 1 aliphatic heterocycles. The van der Waals surface area contributed by atoms with Crippen LogP contribution in [-0.2, 0) is 4.74 Å². The second-order valence-corrected chi connectivity index (χ2v) is 6.12. The zero-order chi connectivity index (χ0) is 14.4. The van der Waals surface area contributed by atoms with Crippen LogP contribution in [0.5, 0.6) is 0 Å². The topological polar surface area (TPSA) is 21.3 Å². The Kier molecular flexibility index (Phi) is 3.29. The van der Waals surface area contributed by atoms with Gasteiger partial charge in [-0.1, -0.05) is 0 Å². The van der Waals surface area contributed by atoms with Crippen LogP contribution in [0.4, 0.5) is 18.9 Å². The average molecular weight is 273 g/mol. The first kappa shape index (κ1) is 14.2. The van der Waals surface area contributed by atoms with Crippen molar-refractivity contribution >= 4 is 5.69 Å². The summed E-state index contributed by atoms with van der Waals surface area (Å²) in [5.74, 6) is -3.07. The molecule has 0 saturated carbocycles. The van der Waals surface area contributed by atoms with Crippen LogP contribution in [0.2, 0.25) is 0 Å². The zero-order valence-electron chi connectivity index (χ0n) is 11.5. The number of hydrogen-bond donors (Lipinski definition) is 1. The molecule has 1 fully saturated rings. The third-order valence-corrected chi connectivity index (χ3v) is 3.40. The molecule has 1 saturated heterocycles. The molecule has 1 aromatic carbocycles. The summed E-state index contributed by atoms with van der Waals surface area (Å²) in [6, 6.07) is 1.26. The molecule has 0 aromatic heterocycles. The van der Waals surface area contributed by atoms with E-state index in [1.165, 1.54) is 0 Å². The summed E-state index contributed by atoms with van der Waals surface area (Å²) in [5.41, 5.74) is -1.07. The number of nitrogens with one attached hydrogen (secondary N) is 1. The third kappa shape index (κ3) is 2.86. The van der Waals surface area contributed by atoms with Gasteiger partial charge in [-0.2, -0.15) is 0 Å². The molecule has 1 atom stereocenters. The Labute approximate surface area is 111 Å². The van der Waals surface area contributed by atoms with E-state index in [0.717, 1.165) is 6.07 Å². The quantitative estimate of drug-likeness (QED) is 0.826. The first-order valence-corrected chi connectivity index (χ1v) is 6.22. The van der Waals surface area contributed by atoms with Crippen LogP contribution >= 0.6 is 0 Å². The van der Waals surface area contributed by atoms with Gasteiger partial charge in [-0.15, -0.1) is 0 Å². The largest absolute Gasteiger partial charge is 0.377 e. The van der Waals surface area contributed by atoms with E-state index >= 15 is 0 Å². The van der Waals surface area contributed by atoms with Gasteiger partial charge in [0.05, 0.1) is 22.9 Å². The first-order chi connectivity index (χ1) is 8.61. The van der Waals surface area contributed by atoms with Crippen molar-refractivity contribution in [3.05, 3.63) is 29.6 Å². The van der Waals surface area contributed by atoms with Crippen molar-refractivity contribution in [3.8, 4) is 0 Å². The number of benzene rings is 1. The van der Waals surface area contributed by atoms with Gasteiger partial charge in [0.25, 0.3) is 0 Å². The molecule has 0 amide bonds. The summed E-state index contributed by atoms with van der Waals surface area (Å²) in [5, 5.41) is 2.86. The predicted octanol–water partition coefficient (Wildman–Crippen LogP) is 3.86. The predicted molar refractivity (Wildman–Crippen MR) is 67.6 cm³/mol. The summed E-state index contributed by atoms with van der Waals surface area (Å²) in [6.07, 6.45) is 0.623. The molecule has 1 heterocycles. The summed E-state index contributed by atoms with van der Waals surface area (Å²) < 4.78 is 45.8. The summed E-state index contributed by atoms with van der Waals surface area (Å²) in [7, 11) is 0. The molecule has 5 heteroatoms. The van der Waals surface area contributed by atoms with E-state index in [9.17, 15) is 13.2 Å². The van der Waals surface area contributed by atoms with E-state index < -0.39 is 23.1 Å². The van der Waals surface area contributed by atoms with Gasteiger partial charge >= 0.3 is 0 Å². The van der Waals surface area contributed by atoms with Crippen LogP contribution in [0.25, 0.3) is 0 Å². The van der Waals surface area contributed by atoms with Gasteiger partial charge in [-0.05, 0) is 34.1 Å². The second kappa shape index (κ2) is 4.40. The fraction of sp³-hybridized carbons (Fsp3) is 0.571. The van der Waals surface area contributed by atoms with Crippen LogP contribution in [0.3, 0.4) is 0 Å². The minimum atomic E-state index is -1.20. The molecule has 1 aromatic rings. The maximum absolute atomic E-state index is 13.6. The number of ether oxygens (including phenoxy) is 1. The van der Waals surface area contributed by atoms with Crippen molar-refractivity contribution in [1.82, 2.24) is 0 Å². The average Bonchev–Trinajstić information content (AvgIpc) is 2.42. The van der Waals surface area contributed by atoms with Crippen molar-refractivity contribution in [3.63, 3.8) is 0 Å². The van der Waals surface area contributed by atoms with Crippen molar-refractivity contribution in [2.45, 2.75) is 51.4 Å². The minimum Gasteiger partial charge on any atom is -0.377 e. The Balaban J connectivity index is 2.27. The lowest BCUT2D eigenvalue weighted by Gasteiger charge is -2.28. The Bertz CT molecular complexity index is 500. The molecule has 0 aliphatic carbocycles. The Morgan fingerprint density at radius 2 is 1.79 bits per heavy atom. The van der Waals surface area contributed by atoms with Gasteiger partial charge in [0.2, 0.25) is 0 Å². The monoisotopic (exact) mass is 273 g/mol. The summed E-state index contributed by atoms with van der Waals surface area (Å²) in [4.78, 5) is 0. The van der Waals surface area contributed by atoms with Gasteiger partial charge in [-0.3, -0.25) is 0 Å². The van der Waals surface area contributed by atoms with E-state index in [-0.39, 0.29) is 17.3 Å². The van der Waals surface area contributed by atoms with Crippen molar-refractivity contribution in [2.75, 3.05) is 5.32 Å². The molecule has 19 heavy (non-hydrogen) atoms. The van der Waals surface area contributed by atoms with E-state index in [4.69, 9.17) is 4.74 Å². The Hall–Kier alpha value is -1.23. The zero-order valence-corrected chi connectivity index (χ0v) is 11.5. The molecular formula is C14H18F3NO. The fourth-order valence-electron chi connectivity index (χ4n) is 2.64. The lowest BCUT2D eigenvalue weighted by Crippen LogP contribution is -2.38. The standard InChI is InChI=1S/C14H18F3NO/c1-13(2)7-11(14(3,4)19-13)18-10-6-8(15)5-9(16)12(10)17/h5-6,11,18H,7H2,1-4H3. The van der Waals surface area contributed by atoms with E-state index in [2.05, 4.69) is 5.32 Å². The highest BCUT2D eigenvalue weighted by atomic mass is 19.2. The van der Waals surface area contributed by atoms with Gasteiger partial charge < -0.3 is 10.1 Å². The summed E-state index contributed by atoms with van der Waals surface area (Å²) >= 11 is 0. The highest BCUT2D eigenvalue weighted by molar-refractivity contribution is 5.47. The van der Waals surface area contributed by atoms with Gasteiger partial charge in [-0.25, -0.2) is 13.2 Å². The van der Waals surface area contributed by atoms with E-state index in [0.29, 0.717) is 12.5 Å². The molecule has 0 spiro atoms. The molecular weight excluding hydrogens is 255 g/mol. The number of anilines is 1. The third-order valence-electron chi connectivity index (χ3n) is 3.40. The molecule has 1 unspecified atom stereocenters. The number of halogens is 3. The molecule has 0 radical (unpaired) electrons. The highest BCUT2D eigenvalue weighted by Crippen LogP contribution is 2.39. The van der Waals surface area contributed by atoms with Crippen LogP contribution in [0.1, 0.15) is 34.1 Å². The molecule has 2 nitrogen and oxygen atoms in total. The SMILES string of the molecule is CC1(C)CC(Nc2cc(F)cc(F)c2F)C(C)(C)O1. The maximum atomic E-state index is 13.6. The molecule has 1 aliphatic rings. The van der Waals surface area contributed by atoms with Crippen molar-refractivity contribution in [1.29, 1.82) is 0 Å². The van der Waals surface area contributed by atoms with Crippen molar-refractivity contribution < 1.29 is 17.9 Å². The fourth-order valence-corrected chi connectivity index (χ4v) is 2.64. The van der Waals surface area contributed by atoms with Crippen LogP contribution in [0.15, 0.2) is 12.1 Å². The normalized spacial score (nSPS) is 24.5. The van der Waals surface area contributed by atoms with Crippen LogP contribution in [-0.4, -0.2) is 17.2 Å². The molecule has 2 rings (SSSR count). The van der Waals surface area contributed by atoms with Crippen LogP contribution < -0.4 is 5.32 Å². The lowest BCUT2D eigenvalue weighted by molar-refractivity contribution is -0.0662. The van der Waals surface area contributed by atoms with Crippen LogP contribution in [0, 0.1) is 17.5 Å². The van der Waals surface area contributed by atoms with E-state index in [1.54, 1.807) is 0 Å². The Morgan fingerprint density at radius 3 is 2.32 bits per heavy atom. The molecule has 106 valence electrons. The Morgan fingerprint density at radius 1 is 1.16 bits per heavy atom. The molecule has 0 bridgehead atoms. The smallest absolute Gasteiger partial charge is 0.182 e. The maximum Gasteiger partial charge on any atom is 0.182 e. The lowest BCUT2D eigenvalue weighted by atomic mass is 9.94. The van der Waals surface area contributed by atoms with Gasteiger partial charge in [0.1, 0.15) is 5.82 Å². The number of hydrogen-bond acceptors (Lipinski definition) is 2. The van der Waals surface area contributed by atoms with Crippen molar-refractivity contribution in [2.24, 2.45) is 0 Å². The van der Waals surface area contributed by atoms with E-state index in [1.807, 2.05) is 27.7 Å². The second-order valence-electron chi connectivity index (χ2n) is 6.12. The first-order valence-electron chi connectivity index (χ1n) is 6.22.